The largest absolute Gasteiger partial charge is 0.357 e. The number of nitrogens with one attached hydrogen (secondary N) is 1. The third kappa shape index (κ3) is 2.06. The van der Waals surface area contributed by atoms with Crippen LogP contribution < -0.4 is 10.2 Å². The number of hydrogen-bond acceptors (Lipinski definition) is 4. The normalized spacial score (nSPS) is 22.1. The molecule has 3 rings (SSSR count). The molecule has 1 N–H and O–H groups in total. The summed E-state index contributed by atoms with van der Waals surface area (Å²) in [5.74, 6) is 1.01. The van der Waals surface area contributed by atoms with E-state index in [-0.39, 0.29) is 0 Å². The maximum atomic E-state index is 8.77. The van der Waals surface area contributed by atoms with Crippen LogP contribution in [0.1, 0.15) is 24.8 Å². The number of hydrogen-bond donors (Lipinski definition) is 1. The number of anilines is 1. The van der Waals surface area contributed by atoms with Gasteiger partial charge in [0, 0.05) is 25.8 Å². The Morgan fingerprint density at radius 1 is 1.28 bits per heavy atom. The van der Waals surface area contributed by atoms with E-state index in [4.69, 9.17) is 5.26 Å². The van der Waals surface area contributed by atoms with Crippen LogP contribution in [0.15, 0.2) is 18.3 Å². The molecule has 0 saturated carbocycles. The number of nitrogens with zero attached hydrogens (tertiary/aromatic N) is 3. The fourth-order valence-electron chi connectivity index (χ4n) is 3.07. The molecule has 0 aliphatic carbocycles. The predicted molar refractivity (Wildman–Crippen MR) is 70.3 cm³/mol. The molecule has 94 valence electrons. The summed E-state index contributed by atoms with van der Waals surface area (Å²) in [4.78, 5) is 6.71. The van der Waals surface area contributed by atoms with Crippen molar-refractivity contribution in [2.45, 2.75) is 19.3 Å². The molecule has 3 heterocycles. The van der Waals surface area contributed by atoms with Crippen molar-refractivity contribution in [3.8, 4) is 6.07 Å². The van der Waals surface area contributed by atoms with E-state index in [1.54, 1.807) is 6.20 Å². The highest BCUT2D eigenvalue weighted by atomic mass is 15.2. The second-order valence-corrected chi connectivity index (χ2v) is 5.43. The number of piperidine rings is 1. The SMILES string of the molecule is N#Cc1ccc(N2CCC3(CCNC3)CC2)nc1. The van der Waals surface area contributed by atoms with Gasteiger partial charge in [0.15, 0.2) is 0 Å². The van der Waals surface area contributed by atoms with Gasteiger partial charge in [-0.1, -0.05) is 0 Å². The molecule has 4 nitrogen and oxygen atoms in total. The highest BCUT2D eigenvalue weighted by molar-refractivity contribution is 5.42. The van der Waals surface area contributed by atoms with E-state index in [0.717, 1.165) is 18.9 Å². The molecular weight excluding hydrogens is 224 g/mol. The van der Waals surface area contributed by atoms with Crippen molar-refractivity contribution in [1.29, 1.82) is 5.26 Å². The summed E-state index contributed by atoms with van der Waals surface area (Å²) in [5, 5.41) is 12.2. The molecule has 0 aromatic carbocycles. The van der Waals surface area contributed by atoms with Crippen LogP contribution in [0.3, 0.4) is 0 Å². The monoisotopic (exact) mass is 242 g/mol. The zero-order chi connectivity index (χ0) is 12.4. The Kier molecular flexibility index (Phi) is 2.92. The topological polar surface area (TPSA) is 52.0 Å². The molecule has 0 bridgehead atoms. The summed E-state index contributed by atoms with van der Waals surface area (Å²) in [6, 6.07) is 5.92. The van der Waals surface area contributed by atoms with E-state index in [9.17, 15) is 0 Å². The van der Waals surface area contributed by atoms with Crippen molar-refractivity contribution in [2.24, 2.45) is 5.41 Å². The lowest BCUT2D eigenvalue weighted by Gasteiger charge is -2.39. The fourth-order valence-corrected chi connectivity index (χ4v) is 3.07. The maximum Gasteiger partial charge on any atom is 0.128 e. The molecule has 0 unspecified atom stereocenters. The number of aromatic nitrogens is 1. The van der Waals surface area contributed by atoms with Crippen LogP contribution >= 0.6 is 0 Å². The molecule has 1 aromatic heterocycles. The van der Waals surface area contributed by atoms with Gasteiger partial charge in [-0.2, -0.15) is 5.26 Å². The smallest absolute Gasteiger partial charge is 0.128 e. The Hall–Kier alpha value is -1.60. The van der Waals surface area contributed by atoms with Gasteiger partial charge in [-0.15, -0.1) is 0 Å². The van der Waals surface area contributed by atoms with Crippen LogP contribution in [0.25, 0.3) is 0 Å². The first-order chi connectivity index (χ1) is 8.81. The molecule has 0 atom stereocenters. The maximum absolute atomic E-state index is 8.77. The lowest BCUT2D eigenvalue weighted by Crippen LogP contribution is -2.41. The van der Waals surface area contributed by atoms with Crippen LogP contribution in [0, 0.1) is 16.7 Å². The van der Waals surface area contributed by atoms with Crippen molar-refractivity contribution >= 4 is 5.82 Å². The molecule has 2 fully saturated rings. The second-order valence-electron chi connectivity index (χ2n) is 5.43. The molecule has 0 amide bonds. The van der Waals surface area contributed by atoms with Gasteiger partial charge in [-0.25, -0.2) is 4.98 Å². The van der Waals surface area contributed by atoms with Crippen LogP contribution in [0.2, 0.25) is 0 Å². The summed E-state index contributed by atoms with van der Waals surface area (Å²) in [5.41, 5.74) is 1.18. The molecule has 2 aliphatic rings. The minimum atomic E-state index is 0.545. The quantitative estimate of drug-likeness (QED) is 0.811. The highest BCUT2D eigenvalue weighted by Crippen LogP contribution is 2.37. The van der Waals surface area contributed by atoms with Crippen molar-refractivity contribution in [3.05, 3.63) is 23.9 Å². The van der Waals surface area contributed by atoms with Crippen molar-refractivity contribution in [3.63, 3.8) is 0 Å². The van der Waals surface area contributed by atoms with E-state index in [1.807, 2.05) is 12.1 Å². The standard InChI is InChI=1S/C14H18N4/c15-9-12-1-2-13(17-10-12)18-7-4-14(5-8-18)3-6-16-11-14/h1-2,10,16H,3-8,11H2. The van der Waals surface area contributed by atoms with E-state index < -0.39 is 0 Å². The zero-order valence-corrected chi connectivity index (χ0v) is 10.5. The lowest BCUT2D eigenvalue weighted by atomic mass is 9.78. The summed E-state index contributed by atoms with van der Waals surface area (Å²) >= 11 is 0. The van der Waals surface area contributed by atoms with Crippen LogP contribution in [0.5, 0.6) is 0 Å². The first-order valence-corrected chi connectivity index (χ1v) is 6.63. The zero-order valence-electron chi connectivity index (χ0n) is 10.5. The predicted octanol–water partition coefficient (Wildman–Crippen LogP) is 1.53. The minimum Gasteiger partial charge on any atom is -0.357 e. The first-order valence-electron chi connectivity index (χ1n) is 6.63. The Morgan fingerprint density at radius 3 is 2.67 bits per heavy atom. The van der Waals surface area contributed by atoms with Gasteiger partial charge in [0.2, 0.25) is 0 Å². The molecule has 18 heavy (non-hydrogen) atoms. The van der Waals surface area contributed by atoms with E-state index in [2.05, 4.69) is 21.3 Å². The average molecular weight is 242 g/mol. The van der Waals surface area contributed by atoms with E-state index in [1.165, 1.54) is 32.4 Å². The minimum absolute atomic E-state index is 0.545. The van der Waals surface area contributed by atoms with Crippen LogP contribution in [-0.4, -0.2) is 31.2 Å². The summed E-state index contributed by atoms with van der Waals surface area (Å²) in [6.45, 7) is 4.53. The van der Waals surface area contributed by atoms with Gasteiger partial charge >= 0.3 is 0 Å². The first kappa shape index (κ1) is 11.5. The number of rotatable bonds is 1. The average Bonchev–Trinajstić information content (AvgIpc) is 2.88. The Bertz CT molecular complexity index is 444. The molecule has 1 spiro atoms. The summed E-state index contributed by atoms with van der Waals surface area (Å²) in [6.07, 6.45) is 5.49. The number of pyridine rings is 1. The Morgan fingerprint density at radius 2 is 2.11 bits per heavy atom. The lowest BCUT2D eigenvalue weighted by molar-refractivity contribution is 0.247. The third-order valence-electron chi connectivity index (χ3n) is 4.36. The number of nitriles is 1. The van der Waals surface area contributed by atoms with Crippen LogP contribution in [0.4, 0.5) is 5.82 Å². The van der Waals surface area contributed by atoms with Gasteiger partial charge in [-0.05, 0) is 43.4 Å². The van der Waals surface area contributed by atoms with Crippen molar-refractivity contribution in [1.82, 2.24) is 10.3 Å². The fraction of sp³-hybridized carbons (Fsp3) is 0.571. The van der Waals surface area contributed by atoms with E-state index >= 15 is 0 Å². The van der Waals surface area contributed by atoms with Gasteiger partial charge in [-0.3, -0.25) is 0 Å². The second kappa shape index (κ2) is 4.58. The molecule has 2 saturated heterocycles. The molecule has 4 heteroatoms. The third-order valence-corrected chi connectivity index (χ3v) is 4.36. The van der Waals surface area contributed by atoms with Gasteiger partial charge in [0.05, 0.1) is 5.56 Å². The molecule has 1 aromatic rings. The Labute approximate surface area is 108 Å². The molecule has 0 radical (unpaired) electrons. The van der Waals surface area contributed by atoms with Crippen LogP contribution in [-0.2, 0) is 0 Å². The van der Waals surface area contributed by atoms with E-state index in [0.29, 0.717) is 11.0 Å². The summed E-state index contributed by atoms with van der Waals surface area (Å²) < 4.78 is 0. The highest BCUT2D eigenvalue weighted by Gasteiger charge is 2.37. The van der Waals surface area contributed by atoms with Gasteiger partial charge in [0.1, 0.15) is 11.9 Å². The molecular formula is C14H18N4. The van der Waals surface area contributed by atoms with Crippen molar-refractivity contribution in [2.75, 3.05) is 31.1 Å². The summed E-state index contributed by atoms with van der Waals surface area (Å²) in [7, 11) is 0. The van der Waals surface area contributed by atoms with Gasteiger partial charge in [0.25, 0.3) is 0 Å². The van der Waals surface area contributed by atoms with Crippen molar-refractivity contribution < 1.29 is 0 Å². The molecule has 2 aliphatic heterocycles. The Balaban J connectivity index is 1.66. The van der Waals surface area contributed by atoms with Gasteiger partial charge < -0.3 is 10.2 Å².